The summed E-state index contributed by atoms with van der Waals surface area (Å²) in [5, 5.41) is 0. The number of hydrogen-bond donors (Lipinski definition) is 0. The smallest absolute Gasteiger partial charge is 0.410 e. The molecule has 0 aliphatic carbocycles. The number of ether oxygens (including phenoxy) is 1. The molecule has 6 heteroatoms. The molecule has 1 amide bonds. The lowest BCUT2D eigenvalue weighted by Crippen LogP contribution is -2.42. The number of likely N-dealkylation sites (tertiary alicyclic amines) is 1. The summed E-state index contributed by atoms with van der Waals surface area (Å²) in [6.07, 6.45) is 1.44. The molecule has 0 spiro atoms. The molecule has 3 nitrogen and oxygen atoms in total. The first-order valence-electron chi connectivity index (χ1n) is 11.7. The molecule has 31 heavy (non-hydrogen) atoms. The normalized spacial score (nSPS) is 16.5. The zero-order valence-corrected chi connectivity index (χ0v) is 22.7. The van der Waals surface area contributed by atoms with Crippen molar-refractivity contribution in [3.05, 3.63) is 29.6 Å². The number of nitrogens with zero attached hydrogens (tertiary/aromatic N) is 1. The summed E-state index contributed by atoms with van der Waals surface area (Å²) in [5.74, 6) is 0.106. The lowest BCUT2D eigenvalue weighted by molar-refractivity contribution is 0.0204. The Hall–Kier alpha value is -1.01. The number of carbonyl (C=O) groups is 1. The second kappa shape index (κ2) is 10.3. The maximum absolute atomic E-state index is 14.3. The Bertz CT molecular complexity index is 731. The van der Waals surface area contributed by atoms with Gasteiger partial charge in [-0.1, -0.05) is 41.5 Å². The molecule has 1 fully saturated rings. The number of piperidine rings is 1. The van der Waals surface area contributed by atoms with Crippen LogP contribution in [-0.4, -0.2) is 36.9 Å². The predicted molar refractivity (Wildman–Crippen MR) is 133 cm³/mol. The molecule has 1 heterocycles. The van der Waals surface area contributed by atoms with Crippen LogP contribution in [0.25, 0.3) is 0 Å². The lowest BCUT2D eigenvalue weighted by atomic mass is 9.89. The molecule has 1 aromatic carbocycles. The maximum atomic E-state index is 14.3. The predicted octanol–water partition coefficient (Wildman–Crippen LogP) is 8.21. The molecule has 0 atom stereocenters. The quantitative estimate of drug-likeness (QED) is 0.395. The molecular weight excluding hydrogens is 425 g/mol. The molecule has 0 saturated carbocycles. The van der Waals surface area contributed by atoms with E-state index in [1.807, 2.05) is 26.8 Å². The highest BCUT2D eigenvalue weighted by molar-refractivity contribution is 8.29. The van der Waals surface area contributed by atoms with Crippen LogP contribution in [0.15, 0.2) is 23.1 Å². The van der Waals surface area contributed by atoms with Crippen LogP contribution in [0.4, 0.5) is 9.18 Å². The Labute approximate surface area is 194 Å². The second-order valence-corrected chi connectivity index (χ2v) is 19.4. The van der Waals surface area contributed by atoms with Crippen molar-refractivity contribution in [2.45, 2.75) is 108 Å². The van der Waals surface area contributed by atoms with Gasteiger partial charge in [-0.05, 0) is 79.9 Å². The fourth-order valence-corrected chi connectivity index (χ4v) is 14.6. The van der Waals surface area contributed by atoms with E-state index in [1.54, 1.807) is 17.0 Å². The number of rotatable bonds is 6. The zero-order chi connectivity index (χ0) is 23.6. The van der Waals surface area contributed by atoms with E-state index in [9.17, 15) is 9.18 Å². The highest BCUT2D eigenvalue weighted by atomic mass is 32.4. The number of amides is 1. The van der Waals surface area contributed by atoms with E-state index in [0.29, 0.717) is 29.7 Å². The molecule has 2 rings (SSSR count). The van der Waals surface area contributed by atoms with Crippen molar-refractivity contribution in [3.63, 3.8) is 0 Å². The van der Waals surface area contributed by atoms with Crippen LogP contribution in [0.1, 0.15) is 86.6 Å². The van der Waals surface area contributed by atoms with Gasteiger partial charge in [-0.3, -0.25) is 0 Å². The van der Waals surface area contributed by atoms with Crippen molar-refractivity contribution in [2.75, 3.05) is 13.1 Å². The van der Waals surface area contributed by atoms with Gasteiger partial charge in [0.25, 0.3) is 0 Å². The lowest BCUT2D eigenvalue weighted by Gasteiger charge is -2.43. The minimum absolute atomic E-state index is 0.167. The van der Waals surface area contributed by atoms with Crippen LogP contribution in [0.3, 0.4) is 0 Å². The standard InChI is InChI=1S/C25H42FNO2SSi/c1-17(2)31(18(3)4,19(5)6)30-23-11-10-21(26)16-22(23)20-12-14-27(15-13-20)24(28)29-25(7,8)9/h10-11,16-20H,12-15H2,1-9H3. The molecule has 0 unspecified atom stereocenters. The fraction of sp³-hybridized carbons (Fsp3) is 0.720. The topological polar surface area (TPSA) is 29.5 Å². The Morgan fingerprint density at radius 1 is 1.06 bits per heavy atom. The molecule has 0 N–H and O–H groups in total. The fourth-order valence-electron chi connectivity index (χ4n) is 5.17. The first-order valence-corrected chi connectivity index (χ1v) is 15.5. The first kappa shape index (κ1) is 26.2. The van der Waals surface area contributed by atoms with Gasteiger partial charge in [0.05, 0.1) is 0 Å². The van der Waals surface area contributed by atoms with Crippen molar-refractivity contribution in [1.82, 2.24) is 4.90 Å². The molecule has 0 bridgehead atoms. The van der Waals surface area contributed by atoms with Gasteiger partial charge in [0, 0.05) is 18.0 Å². The third-order valence-electron chi connectivity index (χ3n) is 6.55. The van der Waals surface area contributed by atoms with Gasteiger partial charge in [-0.15, -0.1) is 11.2 Å². The van der Waals surface area contributed by atoms with Crippen molar-refractivity contribution in [3.8, 4) is 0 Å². The van der Waals surface area contributed by atoms with Gasteiger partial charge >= 0.3 is 6.09 Å². The summed E-state index contributed by atoms with van der Waals surface area (Å²) in [5.41, 5.74) is 2.53. The van der Waals surface area contributed by atoms with E-state index >= 15 is 0 Å². The minimum Gasteiger partial charge on any atom is -0.444 e. The van der Waals surface area contributed by atoms with E-state index < -0.39 is 12.8 Å². The largest absolute Gasteiger partial charge is 0.444 e. The van der Waals surface area contributed by atoms with Crippen molar-refractivity contribution >= 4 is 24.5 Å². The summed E-state index contributed by atoms with van der Waals surface area (Å²) >= 11 is 2.07. The molecule has 1 aromatic rings. The molecule has 1 aliphatic heterocycles. The van der Waals surface area contributed by atoms with Crippen LogP contribution < -0.4 is 0 Å². The average molecular weight is 468 g/mol. The van der Waals surface area contributed by atoms with E-state index in [-0.39, 0.29) is 17.8 Å². The molecular formula is C25H42FNO2SSi. The van der Waals surface area contributed by atoms with Crippen molar-refractivity contribution in [1.29, 1.82) is 0 Å². The maximum Gasteiger partial charge on any atom is 0.410 e. The van der Waals surface area contributed by atoms with Gasteiger partial charge in [0.1, 0.15) is 18.6 Å². The molecule has 176 valence electrons. The van der Waals surface area contributed by atoms with Crippen LogP contribution in [0.5, 0.6) is 0 Å². The van der Waals surface area contributed by atoms with Crippen molar-refractivity contribution < 1.29 is 13.9 Å². The molecule has 1 aliphatic rings. The number of halogens is 1. The Kier molecular flexibility index (Phi) is 8.71. The van der Waals surface area contributed by atoms with Gasteiger partial charge in [-0.25, -0.2) is 9.18 Å². The molecule has 0 radical (unpaired) electrons. The van der Waals surface area contributed by atoms with Gasteiger partial charge in [-0.2, -0.15) is 0 Å². The van der Waals surface area contributed by atoms with Crippen LogP contribution in [-0.2, 0) is 4.74 Å². The summed E-state index contributed by atoms with van der Waals surface area (Å²) in [7, 11) is -1.73. The van der Waals surface area contributed by atoms with Crippen LogP contribution in [0.2, 0.25) is 16.6 Å². The number of benzene rings is 1. The van der Waals surface area contributed by atoms with Crippen LogP contribution >= 0.6 is 11.2 Å². The SMILES string of the molecule is CC(C)[Si](Sc1ccc(F)cc1C1CCN(C(=O)OC(C)(C)C)CC1)(C(C)C)C(C)C. The summed E-state index contributed by atoms with van der Waals surface area (Å²) in [6, 6.07) is 5.36. The van der Waals surface area contributed by atoms with Gasteiger partial charge < -0.3 is 9.64 Å². The van der Waals surface area contributed by atoms with E-state index in [0.717, 1.165) is 18.4 Å². The Morgan fingerprint density at radius 3 is 2.03 bits per heavy atom. The average Bonchev–Trinajstić information content (AvgIpc) is 2.64. The van der Waals surface area contributed by atoms with E-state index in [1.165, 1.54) is 4.90 Å². The first-order chi connectivity index (χ1) is 14.3. The van der Waals surface area contributed by atoms with Crippen LogP contribution in [0, 0.1) is 5.82 Å². The monoisotopic (exact) mass is 467 g/mol. The summed E-state index contributed by atoms with van der Waals surface area (Å²) < 4.78 is 19.9. The number of carbonyl (C=O) groups excluding carboxylic acids is 1. The Balaban J connectivity index is 2.26. The minimum atomic E-state index is -1.73. The van der Waals surface area contributed by atoms with Gasteiger partial charge in [0.2, 0.25) is 0 Å². The Morgan fingerprint density at radius 2 is 1.58 bits per heavy atom. The third kappa shape index (κ3) is 6.28. The van der Waals surface area contributed by atoms with Gasteiger partial charge in [0.15, 0.2) is 0 Å². The van der Waals surface area contributed by atoms with E-state index in [2.05, 4.69) is 52.8 Å². The van der Waals surface area contributed by atoms with Crippen molar-refractivity contribution in [2.24, 2.45) is 0 Å². The number of hydrogen-bond acceptors (Lipinski definition) is 3. The highest BCUT2D eigenvalue weighted by Crippen LogP contribution is 2.53. The third-order valence-corrected chi connectivity index (χ3v) is 18.9. The second-order valence-electron chi connectivity index (χ2n) is 10.8. The molecule has 1 saturated heterocycles. The zero-order valence-electron chi connectivity index (χ0n) is 20.9. The highest BCUT2D eigenvalue weighted by Gasteiger charge is 2.44. The summed E-state index contributed by atoms with van der Waals surface area (Å²) in [6.45, 7) is 21.2. The molecule has 0 aromatic heterocycles. The van der Waals surface area contributed by atoms with E-state index in [4.69, 9.17) is 4.74 Å². The summed E-state index contributed by atoms with van der Waals surface area (Å²) in [4.78, 5) is 15.5.